The Morgan fingerprint density at radius 1 is 1.15 bits per heavy atom. The molecule has 0 aliphatic heterocycles. The third-order valence-corrected chi connectivity index (χ3v) is 3.66. The van der Waals surface area contributed by atoms with Crippen molar-refractivity contribution in [3.8, 4) is 0 Å². The number of methoxy groups -OCH3 is 1. The maximum atomic E-state index is 11.2. The fourth-order valence-electron chi connectivity index (χ4n) is 1.87. The standard InChI is InChI=1S/C15H31NO4/c1-6-16-15(4,13(17)18)9-7-8-11-20-12-10-14(2,3)19-5/h16H,6-12H2,1-5H3,(H,17,18). The van der Waals surface area contributed by atoms with Gasteiger partial charge in [0.25, 0.3) is 0 Å². The van der Waals surface area contributed by atoms with Gasteiger partial charge in [-0.3, -0.25) is 4.79 Å². The van der Waals surface area contributed by atoms with Crippen LogP contribution in [-0.2, 0) is 14.3 Å². The molecule has 0 heterocycles. The van der Waals surface area contributed by atoms with E-state index in [4.69, 9.17) is 9.47 Å². The number of carboxylic acid groups (broad SMARTS) is 1. The summed E-state index contributed by atoms with van der Waals surface area (Å²) >= 11 is 0. The van der Waals surface area contributed by atoms with Gasteiger partial charge in [0.1, 0.15) is 5.54 Å². The van der Waals surface area contributed by atoms with Gasteiger partial charge < -0.3 is 19.9 Å². The summed E-state index contributed by atoms with van der Waals surface area (Å²) < 4.78 is 10.9. The Hall–Kier alpha value is -0.650. The average molecular weight is 289 g/mol. The molecular formula is C15H31NO4. The van der Waals surface area contributed by atoms with Crippen molar-refractivity contribution in [3.63, 3.8) is 0 Å². The third kappa shape index (κ3) is 7.82. The number of hydrogen-bond donors (Lipinski definition) is 2. The van der Waals surface area contributed by atoms with E-state index in [0.717, 1.165) is 19.3 Å². The van der Waals surface area contributed by atoms with Crippen LogP contribution >= 0.6 is 0 Å². The van der Waals surface area contributed by atoms with Gasteiger partial charge in [-0.25, -0.2) is 0 Å². The van der Waals surface area contributed by atoms with Gasteiger partial charge in [0.15, 0.2) is 0 Å². The Kier molecular flexibility index (Phi) is 9.01. The minimum absolute atomic E-state index is 0.146. The van der Waals surface area contributed by atoms with Crippen molar-refractivity contribution in [2.24, 2.45) is 0 Å². The van der Waals surface area contributed by atoms with Gasteiger partial charge in [0, 0.05) is 20.3 Å². The molecule has 0 fully saturated rings. The number of rotatable bonds is 12. The first-order valence-electron chi connectivity index (χ1n) is 7.39. The fourth-order valence-corrected chi connectivity index (χ4v) is 1.87. The molecular weight excluding hydrogens is 258 g/mol. The molecule has 5 nitrogen and oxygen atoms in total. The zero-order valence-electron chi connectivity index (χ0n) is 13.6. The van der Waals surface area contributed by atoms with Crippen molar-refractivity contribution in [2.45, 2.75) is 64.5 Å². The lowest BCUT2D eigenvalue weighted by molar-refractivity contribution is -0.144. The molecule has 0 amide bonds. The molecule has 0 radical (unpaired) electrons. The van der Waals surface area contributed by atoms with Crippen molar-refractivity contribution < 1.29 is 19.4 Å². The van der Waals surface area contributed by atoms with E-state index < -0.39 is 11.5 Å². The highest BCUT2D eigenvalue weighted by Crippen LogP contribution is 2.15. The highest BCUT2D eigenvalue weighted by Gasteiger charge is 2.30. The zero-order valence-corrected chi connectivity index (χ0v) is 13.6. The summed E-state index contributed by atoms with van der Waals surface area (Å²) in [6.07, 6.45) is 3.18. The molecule has 1 unspecified atom stereocenters. The first-order valence-corrected chi connectivity index (χ1v) is 7.39. The largest absolute Gasteiger partial charge is 0.480 e. The van der Waals surface area contributed by atoms with Crippen molar-refractivity contribution in [3.05, 3.63) is 0 Å². The monoisotopic (exact) mass is 289 g/mol. The lowest BCUT2D eigenvalue weighted by Gasteiger charge is -2.25. The molecule has 0 aromatic heterocycles. The number of unbranched alkanes of at least 4 members (excludes halogenated alkanes) is 1. The number of carbonyl (C=O) groups is 1. The summed E-state index contributed by atoms with van der Waals surface area (Å²) in [5, 5.41) is 12.2. The van der Waals surface area contributed by atoms with E-state index in [1.165, 1.54) is 0 Å². The summed E-state index contributed by atoms with van der Waals surface area (Å²) in [5.74, 6) is -0.790. The molecule has 20 heavy (non-hydrogen) atoms. The summed E-state index contributed by atoms with van der Waals surface area (Å²) in [7, 11) is 1.70. The minimum atomic E-state index is -0.827. The summed E-state index contributed by atoms with van der Waals surface area (Å²) in [4.78, 5) is 11.2. The number of aliphatic carboxylic acids is 1. The second-order valence-corrected chi connectivity index (χ2v) is 5.95. The van der Waals surface area contributed by atoms with Gasteiger partial charge in [0.2, 0.25) is 0 Å². The van der Waals surface area contributed by atoms with Crippen molar-refractivity contribution in [1.29, 1.82) is 0 Å². The second-order valence-electron chi connectivity index (χ2n) is 5.95. The molecule has 0 aromatic carbocycles. The second kappa shape index (κ2) is 9.32. The number of likely N-dealkylation sites (N-methyl/N-ethyl adjacent to an activating group) is 1. The van der Waals surface area contributed by atoms with Crippen LogP contribution in [0.4, 0.5) is 0 Å². The van der Waals surface area contributed by atoms with Gasteiger partial charge in [-0.1, -0.05) is 6.92 Å². The fraction of sp³-hybridized carbons (Fsp3) is 0.933. The Morgan fingerprint density at radius 3 is 2.30 bits per heavy atom. The molecule has 0 rings (SSSR count). The van der Waals surface area contributed by atoms with E-state index in [2.05, 4.69) is 5.32 Å². The van der Waals surface area contributed by atoms with Crippen LogP contribution in [0.1, 0.15) is 53.4 Å². The minimum Gasteiger partial charge on any atom is -0.480 e. The molecule has 0 saturated heterocycles. The van der Waals surface area contributed by atoms with Crippen LogP contribution in [0.5, 0.6) is 0 Å². The van der Waals surface area contributed by atoms with E-state index >= 15 is 0 Å². The van der Waals surface area contributed by atoms with Crippen LogP contribution in [0, 0.1) is 0 Å². The summed E-state index contributed by atoms with van der Waals surface area (Å²) in [5.41, 5.74) is -0.973. The maximum Gasteiger partial charge on any atom is 0.323 e. The summed E-state index contributed by atoms with van der Waals surface area (Å²) in [6.45, 7) is 9.72. The molecule has 0 aromatic rings. The van der Waals surface area contributed by atoms with Crippen LogP contribution in [0.15, 0.2) is 0 Å². The van der Waals surface area contributed by atoms with Gasteiger partial charge in [-0.05, 0) is 53.0 Å². The highest BCUT2D eigenvalue weighted by molar-refractivity contribution is 5.78. The molecule has 1 atom stereocenters. The van der Waals surface area contributed by atoms with Gasteiger partial charge in [0.05, 0.1) is 5.60 Å². The molecule has 0 aliphatic rings. The highest BCUT2D eigenvalue weighted by atomic mass is 16.5. The van der Waals surface area contributed by atoms with Crippen molar-refractivity contribution in [1.82, 2.24) is 5.32 Å². The van der Waals surface area contributed by atoms with Crippen LogP contribution in [-0.4, -0.2) is 49.1 Å². The van der Waals surface area contributed by atoms with E-state index in [1.54, 1.807) is 14.0 Å². The van der Waals surface area contributed by atoms with Gasteiger partial charge in [-0.2, -0.15) is 0 Å². The lowest BCUT2D eigenvalue weighted by Crippen LogP contribution is -2.49. The van der Waals surface area contributed by atoms with Crippen LogP contribution in [0.2, 0.25) is 0 Å². The smallest absolute Gasteiger partial charge is 0.323 e. The molecule has 0 saturated carbocycles. The molecule has 0 spiro atoms. The van der Waals surface area contributed by atoms with Crippen LogP contribution < -0.4 is 5.32 Å². The average Bonchev–Trinajstić information content (AvgIpc) is 2.37. The Labute approximate surface area is 123 Å². The van der Waals surface area contributed by atoms with Gasteiger partial charge >= 0.3 is 5.97 Å². The number of ether oxygens (including phenoxy) is 2. The van der Waals surface area contributed by atoms with E-state index in [9.17, 15) is 9.90 Å². The molecule has 2 N–H and O–H groups in total. The first kappa shape index (κ1) is 19.4. The predicted molar refractivity (Wildman–Crippen MR) is 80.1 cm³/mol. The van der Waals surface area contributed by atoms with Crippen LogP contribution in [0.25, 0.3) is 0 Å². The van der Waals surface area contributed by atoms with Crippen molar-refractivity contribution in [2.75, 3.05) is 26.9 Å². The predicted octanol–water partition coefficient (Wildman–Crippen LogP) is 2.44. The van der Waals surface area contributed by atoms with Crippen LogP contribution in [0.3, 0.4) is 0 Å². The van der Waals surface area contributed by atoms with E-state index in [-0.39, 0.29) is 5.60 Å². The number of hydrogen-bond acceptors (Lipinski definition) is 4. The zero-order chi connectivity index (χ0) is 15.6. The normalized spacial score (nSPS) is 15.1. The third-order valence-electron chi connectivity index (χ3n) is 3.66. The quantitative estimate of drug-likeness (QED) is 0.540. The van der Waals surface area contributed by atoms with Gasteiger partial charge in [-0.15, -0.1) is 0 Å². The van der Waals surface area contributed by atoms with Crippen molar-refractivity contribution >= 4 is 5.97 Å². The first-order chi connectivity index (χ1) is 9.27. The molecule has 120 valence electrons. The van der Waals surface area contributed by atoms with E-state index in [0.29, 0.717) is 26.2 Å². The number of nitrogens with one attached hydrogen (secondary N) is 1. The molecule has 0 bridgehead atoms. The van der Waals surface area contributed by atoms with E-state index in [1.807, 2.05) is 20.8 Å². The SMILES string of the molecule is CCNC(C)(CCCCOCCC(C)(C)OC)C(=O)O. The molecule has 5 heteroatoms. The molecule has 0 aliphatic carbocycles. The topological polar surface area (TPSA) is 67.8 Å². The Morgan fingerprint density at radius 2 is 1.80 bits per heavy atom. The number of carboxylic acids is 1. The summed E-state index contributed by atoms with van der Waals surface area (Å²) in [6, 6.07) is 0. The Bertz CT molecular complexity index is 281. The lowest BCUT2D eigenvalue weighted by atomic mass is 9.95. The Balaban J connectivity index is 3.73. The maximum absolute atomic E-state index is 11.2.